The molecular formula is C12H24N2O3. The molecule has 0 aliphatic rings. The molecular weight excluding hydrogens is 220 g/mol. The second kappa shape index (κ2) is 10.1. The van der Waals surface area contributed by atoms with Gasteiger partial charge in [0.1, 0.15) is 0 Å². The summed E-state index contributed by atoms with van der Waals surface area (Å²) in [6.07, 6.45) is 4.43. The molecule has 1 atom stereocenters. The van der Waals surface area contributed by atoms with Gasteiger partial charge in [-0.05, 0) is 25.3 Å². The van der Waals surface area contributed by atoms with E-state index in [1.54, 1.807) is 0 Å². The van der Waals surface area contributed by atoms with Crippen molar-refractivity contribution in [3.8, 4) is 0 Å². The molecule has 1 unspecified atom stereocenters. The Morgan fingerprint density at radius 3 is 2.47 bits per heavy atom. The fraction of sp³-hybridized carbons (Fsp3) is 0.833. The molecule has 0 saturated carbocycles. The van der Waals surface area contributed by atoms with Gasteiger partial charge in [-0.2, -0.15) is 0 Å². The molecule has 4 N–H and O–H groups in total. The van der Waals surface area contributed by atoms with E-state index in [-0.39, 0.29) is 18.9 Å². The van der Waals surface area contributed by atoms with Crippen LogP contribution < -0.4 is 11.1 Å². The molecule has 0 fully saturated rings. The number of aliphatic carboxylic acids is 1. The zero-order chi connectivity index (χ0) is 13.1. The van der Waals surface area contributed by atoms with E-state index in [0.717, 1.165) is 25.7 Å². The summed E-state index contributed by atoms with van der Waals surface area (Å²) in [6.45, 7) is 2.99. The van der Waals surface area contributed by atoms with E-state index in [1.807, 2.05) is 0 Å². The third kappa shape index (κ3) is 9.81. The molecule has 0 aliphatic carbocycles. The maximum atomic E-state index is 11.4. The number of hydrogen-bond donors (Lipinski definition) is 3. The van der Waals surface area contributed by atoms with Crippen molar-refractivity contribution in [2.75, 3.05) is 13.1 Å². The van der Waals surface area contributed by atoms with Crippen LogP contribution in [0.1, 0.15) is 45.4 Å². The van der Waals surface area contributed by atoms with Gasteiger partial charge >= 0.3 is 5.97 Å². The standard InChI is InChI=1S/C12H24N2O3/c1-2-3-10(6-8-13)4-5-11(15)14-9-7-12(16)17/h10H,2-9,13H2,1H3,(H,14,15)(H,16,17). The first-order valence-corrected chi connectivity index (χ1v) is 6.28. The van der Waals surface area contributed by atoms with Gasteiger partial charge in [0.2, 0.25) is 5.91 Å². The third-order valence-corrected chi connectivity index (χ3v) is 2.71. The number of carbonyl (C=O) groups excluding carboxylic acids is 1. The smallest absolute Gasteiger partial charge is 0.305 e. The Morgan fingerprint density at radius 1 is 1.24 bits per heavy atom. The maximum Gasteiger partial charge on any atom is 0.305 e. The molecule has 5 nitrogen and oxygen atoms in total. The maximum absolute atomic E-state index is 11.4. The molecule has 0 spiro atoms. The molecule has 1 amide bonds. The first-order chi connectivity index (χ1) is 8.10. The highest BCUT2D eigenvalue weighted by atomic mass is 16.4. The van der Waals surface area contributed by atoms with Gasteiger partial charge in [-0.15, -0.1) is 0 Å². The van der Waals surface area contributed by atoms with Crippen molar-refractivity contribution in [2.45, 2.75) is 45.4 Å². The quantitative estimate of drug-likeness (QED) is 0.537. The van der Waals surface area contributed by atoms with Gasteiger partial charge in [0.05, 0.1) is 6.42 Å². The normalized spacial score (nSPS) is 12.1. The Morgan fingerprint density at radius 2 is 1.94 bits per heavy atom. The van der Waals surface area contributed by atoms with Gasteiger partial charge in [-0.25, -0.2) is 0 Å². The fourth-order valence-electron chi connectivity index (χ4n) is 1.81. The lowest BCUT2D eigenvalue weighted by atomic mass is 9.94. The second-order valence-electron chi connectivity index (χ2n) is 4.26. The van der Waals surface area contributed by atoms with Crippen LogP contribution in [-0.4, -0.2) is 30.1 Å². The van der Waals surface area contributed by atoms with Crippen LogP contribution in [0.4, 0.5) is 0 Å². The largest absolute Gasteiger partial charge is 0.481 e. The lowest BCUT2D eigenvalue weighted by molar-refractivity contribution is -0.136. The van der Waals surface area contributed by atoms with Crippen LogP contribution in [0.2, 0.25) is 0 Å². The average Bonchev–Trinajstić information content (AvgIpc) is 2.26. The van der Waals surface area contributed by atoms with Gasteiger partial charge in [0, 0.05) is 13.0 Å². The lowest BCUT2D eigenvalue weighted by Gasteiger charge is -2.14. The Kier molecular flexibility index (Phi) is 9.43. The van der Waals surface area contributed by atoms with E-state index in [2.05, 4.69) is 12.2 Å². The minimum Gasteiger partial charge on any atom is -0.481 e. The number of nitrogens with one attached hydrogen (secondary N) is 1. The molecule has 0 bridgehead atoms. The van der Waals surface area contributed by atoms with Crippen molar-refractivity contribution in [1.82, 2.24) is 5.32 Å². The summed E-state index contributed by atoms with van der Waals surface area (Å²) in [5.74, 6) is -0.447. The van der Waals surface area contributed by atoms with Gasteiger partial charge in [-0.3, -0.25) is 9.59 Å². The summed E-state index contributed by atoms with van der Waals surface area (Å²) < 4.78 is 0. The summed E-state index contributed by atoms with van der Waals surface area (Å²) in [5, 5.41) is 11.0. The van der Waals surface area contributed by atoms with E-state index < -0.39 is 5.97 Å². The second-order valence-corrected chi connectivity index (χ2v) is 4.26. The Balaban J connectivity index is 3.68. The van der Waals surface area contributed by atoms with Crippen LogP contribution in [0.3, 0.4) is 0 Å². The summed E-state index contributed by atoms with van der Waals surface area (Å²) in [6, 6.07) is 0. The van der Waals surface area contributed by atoms with Gasteiger partial charge < -0.3 is 16.2 Å². The monoisotopic (exact) mass is 244 g/mol. The van der Waals surface area contributed by atoms with Crippen molar-refractivity contribution in [3.63, 3.8) is 0 Å². The first-order valence-electron chi connectivity index (χ1n) is 6.28. The number of rotatable bonds is 10. The Labute approximate surface area is 103 Å². The van der Waals surface area contributed by atoms with E-state index in [1.165, 1.54) is 0 Å². The average molecular weight is 244 g/mol. The summed E-state index contributed by atoms with van der Waals surface area (Å²) in [5.41, 5.74) is 5.51. The van der Waals surface area contributed by atoms with Crippen LogP contribution in [0.5, 0.6) is 0 Å². The first kappa shape index (κ1) is 15.9. The molecule has 100 valence electrons. The summed E-state index contributed by atoms with van der Waals surface area (Å²) >= 11 is 0. The minimum atomic E-state index is -0.891. The van der Waals surface area contributed by atoms with Crippen molar-refractivity contribution >= 4 is 11.9 Å². The van der Waals surface area contributed by atoms with Crippen molar-refractivity contribution < 1.29 is 14.7 Å². The lowest BCUT2D eigenvalue weighted by Crippen LogP contribution is -2.26. The van der Waals surface area contributed by atoms with Crippen molar-refractivity contribution in [1.29, 1.82) is 0 Å². The minimum absolute atomic E-state index is 0.0209. The van der Waals surface area contributed by atoms with Crippen LogP contribution in [0.25, 0.3) is 0 Å². The topological polar surface area (TPSA) is 92.4 Å². The molecule has 0 radical (unpaired) electrons. The molecule has 0 aromatic heterocycles. The number of carboxylic acid groups (broad SMARTS) is 1. The van der Waals surface area contributed by atoms with Crippen molar-refractivity contribution in [3.05, 3.63) is 0 Å². The van der Waals surface area contributed by atoms with Crippen LogP contribution >= 0.6 is 0 Å². The van der Waals surface area contributed by atoms with E-state index in [4.69, 9.17) is 10.8 Å². The highest BCUT2D eigenvalue weighted by molar-refractivity contribution is 5.76. The van der Waals surface area contributed by atoms with Crippen molar-refractivity contribution in [2.24, 2.45) is 11.7 Å². The van der Waals surface area contributed by atoms with Crippen LogP contribution in [0.15, 0.2) is 0 Å². The fourth-order valence-corrected chi connectivity index (χ4v) is 1.81. The van der Waals surface area contributed by atoms with Crippen LogP contribution in [0, 0.1) is 5.92 Å². The molecule has 0 rings (SSSR count). The molecule has 0 aliphatic heterocycles. The molecule has 0 saturated heterocycles. The van der Waals surface area contributed by atoms with E-state index >= 15 is 0 Å². The number of hydrogen-bond acceptors (Lipinski definition) is 3. The van der Waals surface area contributed by atoms with Gasteiger partial charge in [0.15, 0.2) is 0 Å². The Hall–Kier alpha value is -1.10. The SMILES string of the molecule is CCCC(CCN)CCC(=O)NCCC(=O)O. The Bertz CT molecular complexity index is 226. The number of amides is 1. The van der Waals surface area contributed by atoms with Gasteiger partial charge in [-0.1, -0.05) is 19.8 Å². The highest BCUT2D eigenvalue weighted by Crippen LogP contribution is 2.16. The highest BCUT2D eigenvalue weighted by Gasteiger charge is 2.10. The van der Waals surface area contributed by atoms with E-state index in [0.29, 0.717) is 18.9 Å². The molecule has 17 heavy (non-hydrogen) atoms. The number of carbonyl (C=O) groups is 2. The number of nitrogens with two attached hydrogens (primary N) is 1. The zero-order valence-corrected chi connectivity index (χ0v) is 10.6. The number of carboxylic acids is 1. The zero-order valence-electron chi connectivity index (χ0n) is 10.6. The molecule has 0 aromatic rings. The van der Waals surface area contributed by atoms with Gasteiger partial charge in [0.25, 0.3) is 0 Å². The third-order valence-electron chi connectivity index (χ3n) is 2.71. The molecule has 0 aromatic carbocycles. The molecule has 0 heterocycles. The van der Waals surface area contributed by atoms with Crippen LogP contribution in [-0.2, 0) is 9.59 Å². The summed E-state index contributed by atoms with van der Waals surface area (Å²) in [4.78, 5) is 21.7. The predicted octanol–water partition coefficient (Wildman–Crippen LogP) is 1.12. The molecule has 5 heteroatoms. The predicted molar refractivity (Wildman–Crippen MR) is 66.6 cm³/mol. The van der Waals surface area contributed by atoms with E-state index in [9.17, 15) is 9.59 Å². The summed E-state index contributed by atoms with van der Waals surface area (Å²) in [7, 11) is 0.